The Balaban J connectivity index is 1.36. The van der Waals surface area contributed by atoms with E-state index in [1.54, 1.807) is 43.3 Å². The molecule has 0 bridgehead atoms. The lowest BCUT2D eigenvalue weighted by Gasteiger charge is -2.26. The van der Waals surface area contributed by atoms with Crippen molar-refractivity contribution in [3.8, 4) is 6.07 Å². The molecule has 2 N–H and O–H groups in total. The number of hydrogen-bond donors (Lipinski definition) is 2. The maximum atomic E-state index is 13.0. The molecule has 1 atom stereocenters. The molecule has 4 amide bonds. The van der Waals surface area contributed by atoms with Crippen LogP contribution in [0.15, 0.2) is 48.5 Å². The Morgan fingerprint density at radius 2 is 1.79 bits per heavy atom. The summed E-state index contributed by atoms with van der Waals surface area (Å²) in [5.41, 5.74) is 1.41. The summed E-state index contributed by atoms with van der Waals surface area (Å²) in [6.45, 7) is 5.26. The molecule has 0 aromatic heterocycles. The molecule has 2 aromatic carbocycles. The van der Waals surface area contributed by atoms with Crippen LogP contribution in [0.5, 0.6) is 0 Å². The summed E-state index contributed by atoms with van der Waals surface area (Å²) in [6, 6.07) is 15.3. The maximum Gasteiger partial charge on any atom is 0.325 e. The Hall–Kier alpha value is -3.74. The Morgan fingerprint density at radius 1 is 1.12 bits per heavy atom. The molecule has 33 heavy (non-hydrogen) atoms. The Morgan fingerprint density at radius 3 is 2.42 bits per heavy atom. The summed E-state index contributed by atoms with van der Waals surface area (Å²) < 4.78 is 5.36. The van der Waals surface area contributed by atoms with Crippen molar-refractivity contribution in [1.29, 1.82) is 5.26 Å². The number of morpholine rings is 1. The summed E-state index contributed by atoms with van der Waals surface area (Å²) in [5, 5.41) is 14.4. The minimum Gasteiger partial charge on any atom is -0.379 e. The minimum atomic E-state index is -1.30. The fraction of sp³-hybridized carbons (Fsp3) is 0.333. The van der Waals surface area contributed by atoms with Crippen molar-refractivity contribution in [3.63, 3.8) is 0 Å². The Kier molecular flexibility index (Phi) is 6.40. The molecular formula is C24H25N5O4. The number of nitrogens with one attached hydrogen (secondary N) is 2. The summed E-state index contributed by atoms with van der Waals surface area (Å²) in [6.07, 6.45) is 0. The summed E-state index contributed by atoms with van der Waals surface area (Å²) >= 11 is 0. The van der Waals surface area contributed by atoms with Gasteiger partial charge < -0.3 is 15.4 Å². The minimum absolute atomic E-state index is 0.397. The third-order valence-corrected chi connectivity index (χ3v) is 5.92. The topological polar surface area (TPSA) is 115 Å². The van der Waals surface area contributed by atoms with E-state index in [0.29, 0.717) is 16.8 Å². The van der Waals surface area contributed by atoms with Crippen LogP contribution in [0, 0.1) is 11.3 Å². The van der Waals surface area contributed by atoms with Gasteiger partial charge in [-0.2, -0.15) is 5.26 Å². The number of ether oxygens (including phenoxy) is 1. The number of carbonyl (C=O) groups excluding carboxylic acids is 3. The molecule has 2 heterocycles. The number of amides is 4. The largest absolute Gasteiger partial charge is 0.379 e. The quantitative estimate of drug-likeness (QED) is 0.653. The van der Waals surface area contributed by atoms with Crippen LogP contribution in [0.1, 0.15) is 23.6 Å². The van der Waals surface area contributed by atoms with Gasteiger partial charge in [-0.1, -0.05) is 24.3 Å². The van der Waals surface area contributed by atoms with Crippen LogP contribution in [0.2, 0.25) is 0 Å². The fourth-order valence-electron chi connectivity index (χ4n) is 3.97. The van der Waals surface area contributed by atoms with Gasteiger partial charge in [0.2, 0.25) is 5.91 Å². The van der Waals surface area contributed by atoms with Gasteiger partial charge in [0.1, 0.15) is 12.1 Å². The van der Waals surface area contributed by atoms with Gasteiger partial charge in [-0.15, -0.1) is 0 Å². The number of nitrogens with zero attached hydrogens (tertiary/aromatic N) is 3. The first kappa shape index (κ1) is 22.5. The van der Waals surface area contributed by atoms with Gasteiger partial charge in [0.25, 0.3) is 5.91 Å². The van der Waals surface area contributed by atoms with E-state index in [1.165, 1.54) is 0 Å². The highest BCUT2D eigenvalue weighted by molar-refractivity contribution is 6.10. The van der Waals surface area contributed by atoms with Crippen LogP contribution >= 0.6 is 0 Å². The molecule has 2 aliphatic rings. The zero-order chi connectivity index (χ0) is 23.4. The number of rotatable bonds is 6. The van der Waals surface area contributed by atoms with Crippen LogP contribution in [-0.2, 0) is 26.4 Å². The Labute approximate surface area is 191 Å². The molecule has 170 valence electrons. The zero-order valence-corrected chi connectivity index (χ0v) is 18.3. The van der Waals surface area contributed by atoms with Crippen molar-refractivity contribution in [2.45, 2.75) is 19.0 Å². The van der Waals surface area contributed by atoms with Crippen LogP contribution < -0.4 is 10.6 Å². The number of urea groups is 1. The number of anilines is 1. The van der Waals surface area contributed by atoms with E-state index in [9.17, 15) is 14.4 Å². The summed E-state index contributed by atoms with van der Waals surface area (Å²) in [4.78, 5) is 41.2. The monoisotopic (exact) mass is 447 g/mol. The molecule has 4 rings (SSSR count). The fourth-order valence-corrected chi connectivity index (χ4v) is 3.97. The molecule has 9 heteroatoms. The van der Waals surface area contributed by atoms with Crippen LogP contribution in [0.4, 0.5) is 10.5 Å². The molecule has 2 fully saturated rings. The van der Waals surface area contributed by atoms with Crippen LogP contribution in [0.3, 0.4) is 0 Å². The van der Waals surface area contributed by atoms with Gasteiger partial charge in [0, 0.05) is 25.3 Å². The van der Waals surface area contributed by atoms with Crippen molar-refractivity contribution in [1.82, 2.24) is 15.1 Å². The van der Waals surface area contributed by atoms with Gasteiger partial charge in [-0.3, -0.25) is 19.4 Å². The van der Waals surface area contributed by atoms with E-state index in [2.05, 4.69) is 15.5 Å². The first-order valence-electron chi connectivity index (χ1n) is 10.7. The van der Waals surface area contributed by atoms with E-state index in [1.807, 2.05) is 18.2 Å². The number of nitriles is 1. The standard InChI is InChI=1S/C24H25N5O4/c1-24(19-6-2-17(14-25)3-7-19)22(31)29(23(32)27-24)16-21(30)26-20-8-4-18(5-9-20)15-28-10-12-33-13-11-28/h2-9H,10-13,15-16H2,1H3,(H,26,30)(H,27,32). The molecule has 0 radical (unpaired) electrons. The highest BCUT2D eigenvalue weighted by atomic mass is 16.5. The van der Waals surface area contributed by atoms with Gasteiger partial charge in [-0.05, 0) is 42.3 Å². The van der Waals surface area contributed by atoms with Gasteiger partial charge in [0.05, 0.1) is 24.8 Å². The second-order valence-corrected chi connectivity index (χ2v) is 8.27. The molecule has 2 aliphatic heterocycles. The Bertz CT molecular complexity index is 1090. The predicted molar refractivity (Wildman–Crippen MR) is 120 cm³/mol. The van der Waals surface area contributed by atoms with Crippen LogP contribution in [0.25, 0.3) is 0 Å². The van der Waals surface area contributed by atoms with Crippen molar-refractivity contribution in [3.05, 3.63) is 65.2 Å². The van der Waals surface area contributed by atoms with Crippen molar-refractivity contribution >= 4 is 23.5 Å². The highest BCUT2D eigenvalue weighted by Gasteiger charge is 2.49. The maximum absolute atomic E-state index is 13.0. The molecular weight excluding hydrogens is 422 g/mol. The lowest BCUT2D eigenvalue weighted by atomic mass is 9.91. The number of imide groups is 1. The van der Waals surface area contributed by atoms with Crippen LogP contribution in [-0.4, -0.2) is 60.5 Å². The van der Waals surface area contributed by atoms with E-state index in [4.69, 9.17) is 10.00 Å². The average Bonchev–Trinajstić information content (AvgIpc) is 3.05. The summed E-state index contributed by atoms with van der Waals surface area (Å²) in [5.74, 6) is -0.989. The molecule has 2 aromatic rings. The molecule has 0 spiro atoms. The first-order chi connectivity index (χ1) is 15.9. The number of carbonyl (C=O) groups is 3. The molecule has 9 nitrogen and oxygen atoms in total. The van der Waals surface area contributed by atoms with Gasteiger partial charge >= 0.3 is 6.03 Å². The van der Waals surface area contributed by atoms with Crippen molar-refractivity contribution in [2.24, 2.45) is 0 Å². The molecule has 2 saturated heterocycles. The van der Waals surface area contributed by atoms with Crippen molar-refractivity contribution in [2.75, 3.05) is 38.2 Å². The average molecular weight is 447 g/mol. The molecule has 1 unspecified atom stereocenters. The van der Waals surface area contributed by atoms with E-state index < -0.39 is 29.9 Å². The SMILES string of the molecule is CC1(c2ccc(C#N)cc2)NC(=O)N(CC(=O)Nc2ccc(CN3CCOCC3)cc2)C1=O. The molecule has 0 saturated carbocycles. The van der Waals surface area contributed by atoms with Crippen molar-refractivity contribution < 1.29 is 19.1 Å². The third-order valence-electron chi connectivity index (χ3n) is 5.92. The smallest absolute Gasteiger partial charge is 0.325 e. The summed E-state index contributed by atoms with van der Waals surface area (Å²) in [7, 11) is 0. The second kappa shape index (κ2) is 9.40. The molecule has 0 aliphatic carbocycles. The lowest BCUT2D eigenvalue weighted by Crippen LogP contribution is -2.42. The first-order valence-corrected chi connectivity index (χ1v) is 10.7. The van der Waals surface area contributed by atoms with Gasteiger partial charge in [-0.25, -0.2) is 4.79 Å². The second-order valence-electron chi connectivity index (χ2n) is 8.27. The van der Waals surface area contributed by atoms with Gasteiger partial charge in [0.15, 0.2) is 0 Å². The highest BCUT2D eigenvalue weighted by Crippen LogP contribution is 2.29. The predicted octanol–water partition coefficient (Wildman–Crippen LogP) is 1.80. The normalized spacial score (nSPS) is 20.9. The lowest BCUT2D eigenvalue weighted by molar-refractivity contribution is -0.133. The van der Waals surface area contributed by atoms with E-state index in [0.717, 1.165) is 43.3 Å². The van der Waals surface area contributed by atoms with E-state index >= 15 is 0 Å². The number of benzene rings is 2. The number of hydrogen-bond acceptors (Lipinski definition) is 6. The zero-order valence-electron chi connectivity index (χ0n) is 18.3. The third kappa shape index (κ3) is 4.87. The van der Waals surface area contributed by atoms with E-state index in [-0.39, 0.29) is 0 Å².